The van der Waals surface area contributed by atoms with Crippen molar-refractivity contribution in [2.45, 2.75) is 26.3 Å². The van der Waals surface area contributed by atoms with E-state index in [0.717, 1.165) is 30.2 Å². The highest BCUT2D eigenvalue weighted by molar-refractivity contribution is 5.48. The van der Waals surface area contributed by atoms with E-state index in [2.05, 4.69) is 49.5 Å². The highest BCUT2D eigenvalue weighted by Crippen LogP contribution is 2.33. The predicted molar refractivity (Wildman–Crippen MR) is 94.2 cm³/mol. The topological polar surface area (TPSA) is 44.3 Å². The second-order valence-corrected chi connectivity index (χ2v) is 6.42. The van der Waals surface area contributed by atoms with Crippen molar-refractivity contribution < 1.29 is 19.5 Å². The number of quaternary nitrogens is 1. The summed E-state index contributed by atoms with van der Waals surface area (Å²) in [4.78, 5) is 0. The van der Waals surface area contributed by atoms with Gasteiger partial charge in [-0.2, -0.15) is 0 Å². The largest absolute Gasteiger partial charge is 0.493 e. The van der Waals surface area contributed by atoms with Gasteiger partial charge in [0.15, 0.2) is 11.5 Å². The average Bonchev–Trinajstić information content (AvgIpc) is 2.57. The zero-order chi connectivity index (χ0) is 17.1. The summed E-state index contributed by atoms with van der Waals surface area (Å²) in [6.07, 6.45) is 1.04. The van der Waals surface area contributed by atoms with E-state index in [1.165, 1.54) is 22.3 Å². The Hall–Kier alpha value is -2.20. The van der Waals surface area contributed by atoms with E-state index < -0.39 is 0 Å². The van der Waals surface area contributed by atoms with Crippen LogP contribution in [-0.4, -0.2) is 27.4 Å². The first-order valence-electron chi connectivity index (χ1n) is 8.40. The Kier molecular flexibility index (Phi) is 4.95. The standard InChI is InChI=1S/C20H25NO3/c1-13-7-14(2)9-16(8-13)24-12-18-17-11-20(23-4)19(22-3)10-15(17)5-6-21-18/h7-11,18,21H,5-6,12H2,1-4H3/p+1/t18-/m0/s1. The molecule has 1 atom stereocenters. The molecule has 0 saturated carbocycles. The van der Waals surface area contributed by atoms with E-state index in [1.54, 1.807) is 14.2 Å². The first-order chi connectivity index (χ1) is 11.6. The molecule has 2 N–H and O–H groups in total. The Bertz CT molecular complexity index is 707. The molecule has 0 bridgehead atoms. The summed E-state index contributed by atoms with van der Waals surface area (Å²) >= 11 is 0. The fraction of sp³-hybridized carbons (Fsp3) is 0.400. The smallest absolute Gasteiger partial charge is 0.161 e. The minimum Gasteiger partial charge on any atom is -0.493 e. The number of hydrogen-bond acceptors (Lipinski definition) is 3. The van der Waals surface area contributed by atoms with Gasteiger partial charge in [0.25, 0.3) is 0 Å². The van der Waals surface area contributed by atoms with Gasteiger partial charge in [0, 0.05) is 12.0 Å². The quantitative estimate of drug-likeness (QED) is 0.917. The molecule has 2 aromatic rings. The van der Waals surface area contributed by atoms with E-state index in [-0.39, 0.29) is 6.04 Å². The monoisotopic (exact) mass is 328 g/mol. The van der Waals surface area contributed by atoms with Crippen LogP contribution in [-0.2, 0) is 6.42 Å². The summed E-state index contributed by atoms with van der Waals surface area (Å²) in [5.74, 6) is 2.52. The van der Waals surface area contributed by atoms with Crippen LogP contribution >= 0.6 is 0 Å². The van der Waals surface area contributed by atoms with Gasteiger partial charge >= 0.3 is 0 Å². The van der Waals surface area contributed by atoms with Gasteiger partial charge in [-0.1, -0.05) is 6.07 Å². The van der Waals surface area contributed by atoms with Gasteiger partial charge in [-0.3, -0.25) is 0 Å². The normalized spacial score (nSPS) is 16.4. The van der Waals surface area contributed by atoms with Crippen LogP contribution in [0, 0.1) is 13.8 Å². The third-order valence-electron chi connectivity index (χ3n) is 4.53. The molecule has 0 fully saturated rings. The molecule has 0 saturated heterocycles. The SMILES string of the molecule is COc1cc2c(cc1OC)[C@H](COc1cc(C)cc(C)c1)[NH2+]CC2. The molecule has 128 valence electrons. The summed E-state index contributed by atoms with van der Waals surface area (Å²) in [5, 5.41) is 2.34. The number of nitrogens with two attached hydrogens (primary N) is 1. The van der Waals surface area contributed by atoms with Crippen LogP contribution in [0.25, 0.3) is 0 Å². The van der Waals surface area contributed by atoms with Crippen LogP contribution in [0.15, 0.2) is 30.3 Å². The van der Waals surface area contributed by atoms with Crippen molar-refractivity contribution in [3.63, 3.8) is 0 Å². The van der Waals surface area contributed by atoms with Gasteiger partial charge in [-0.15, -0.1) is 0 Å². The van der Waals surface area contributed by atoms with Gasteiger partial charge in [0.2, 0.25) is 0 Å². The zero-order valence-electron chi connectivity index (χ0n) is 14.9. The third-order valence-corrected chi connectivity index (χ3v) is 4.53. The lowest BCUT2D eigenvalue weighted by Gasteiger charge is -2.25. The highest BCUT2D eigenvalue weighted by atomic mass is 16.5. The van der Waals surface area contributed by atoms with Crippen molar-refractivity contribution >= 4 is 0 Å². The number of rotatable bonds is 5. The molecule has 4 heteroatoms. The summed E-state index contributed by atoms with van der Waals surface area (Å²) in [5.41, 5.74) is 5.06. The molecule has 0 amide bonds. The van der Waals surface area contributed by atoms with Gasteiger partial charge in [0.05, 0.1) is 20.8 Å². The lowest BCUT2D eigenvalue weighted by Crippen LogP contribution is -2.88. The number of ether oxygens (including phenoxy) is 3. The Morgan fingerprint density at radius 1 is 0.958 bits per heavy atom. The van der Waals surface area contributed by atoms with Crippen LogP contribution in [0.3, 0.4) is 0 Å². The molecular formula is C20H26NO3+. The van der Waals surface area contributed by atoms with Crippen molar-refractivity contribution in [2.75, 3.05) is 27.4 Å². The van der Waals surface area contributed by atoms with Crippen LogP contribution in [0.4, 0.5) is 0 Å². The first kappa shape index (κ1) is 16.7. The minimum atomic E-state index is 0.273. The van der Waals surface area contributed by atoms with Crippen LogP contribution < -0.4 is 19.5 Å². The Labute approximate surface area is 143 Å². The average molecular weight is 328 g/mol. The number of fused-ring (bicyclic) bond motifs is 1. The Balaban J connectivity index is 1.81. The molecule has 0 aliphatic carbocycles. The summed E-state index contributed by atoms with van der Waals surface area (Å²) in [6, 6.07) is 10.8. The molecule has 0 aromatic heterocycles. The number of methoxy groups -OCH3 is 2. The summed E-state index contributed by atoms with van der Waals surface area (Å²) in [7, 11) is 3.36. The second kappa shape index (κ2) is 7.14. The second-order valence-electron chi connectivity index (χ2n) is 6.42. The molecule has 0 unspecified atom stereocenters. The predicted octanol–water partition coefficient (Wildman–Crippen LogP) is 2.56. The van der Waals surface area contributed by atoms with Gasteiger partial charge in [0.1, 0.15) is 18.4 Å². The van der Waals surface area contributed by atoms with Crippen molar-refractivity contribution in [3.05, 3.63) is 52.6 Å². The Morgan fingerprint density at radius 3 is 2.29 bits per heavy atom. The maximum Gasteiger partial charge on any atom is 0.161 e. The Morgan fingerprint density at radius 2 is 1.62 bits per heavy atom. The number of aryl methyl sites for hydroxylation is 2. The van der Waals surface area contributed by atoms with Crippen molar-refractivity contribution in [2.24, 2.45) is 0 Å². The van der Waals surface area contributed by atoms with Crippen molar-refractivity contribution in [1.82, 2.24) is 0 Å². The van der Waals surface area contributed by atoms with Crippen LogP contribution in [0.2, 0.25) is 0 Å². The molecule has 1 heterocycles. The molecule has 24 heavy (non-hydrogen) atoms. The lowest BCUT2D eigenvalue weighted by molar-refractivity contribution is -0.700. The lowest BCUT2D eigenvalue weighted by atomic mass is 9.94. The molecule has 1 aliphatic rings. The van der Waals surface area contributed by atoms with Crippen molar-refractivity contribution in [3.8, 4) is 17.2 Å². The van der Waals surface area contributed by atoms with E-state index in [0.29, 0.717) is 6.61 Å². The van der Waals surface area contributed by atoms with Gasteiger partial charge < -0.3 is 19.5 Å². The zero-order valence-corrected chi connectivity index (χ0v) is 14.9. The molecule has 0 spiro atoms. The molecular weight excluding hydrogens is 302 g/mol. The van der Waals surface area contributed by atoms with Gasteiger partial charge in [-0.25, -0.2) is 0 Å². The van der Waals surface area contributed by atoms with Gasteiger partial charge in [-0.05, 0) is 54.8 Å². The molecule has 2 aromatic carbocycles. The summed E-state index contributed by atoms with van der Waals surface area (Å²) < 4.78 is 17.0. The van der Waals surface area contributed by atoms with E-state index in [1.807, 2.05) is 0 Å². The minimum absolute atomic E-state index is 0.273. The first-order valence-corrected chi connectivity index (χ1v) is 8.40. The maximum absolute atomic E-state index is 6.09. The third kappa shape index (κ3) is 3.49. The van der Waals surface area contributed by atoms with E-state index in [4.69, 9.17) is 14.2 Å². The molecule has 0 radical (unpaired) electrons. The fourth-order valence-electron chi connectivity index (χ4n) is 3.43. The van der Waals surface area contributed by atoms with Crippen LogP contribution in [0.1, 0.15) is 28.3 Å². The maximum atomic E-state index is 6.09. The molecule has 1 aliphatic heterocycles. The van der Waals surface area contributed by atoms with Crippen LogP contribution in [0.5, 0.6) is 17.2 Å². The van der Waals surface area contributed by atoms with Crippen molar-refractivity contribution in [1.29, 1.82) is 0 Å². The molecule has 4 nitrogen and oxygen atoms in total. The van der Waals surface area contributed by atoms with E-state index >= 15 is 0 Å². The molecule has 3 rings (SSSR count). The fourth-order valence-corrected chi connectivity index (χ4v) is 3.43. The number of benzene rings is 2. The highest BCUT2D eigenvalue weighted by Gasteiger charge is 2.26. The number of hydrogen-bond donors (Lipinski definition) is 1. The summed E-state index contributed by atoms with van der Waals surface area (Å²) in [6.45, 7) is 5.90. The van der Waals surface area contributed by atoms with E-state index in [9.17, 15) is 0 Å².